The highest BCUT2D eigenvalue weighted by atomic mass is 16.5. The maximum absolute atomic E-state index is 11.8. The summed E-state index contributed by atoms with van der Waals surface area (Å²) in [6, 6.07) is 13.2. The SMILES string of the molecule is Nc1cc(N)cc(C(=O)OCCCOC(=O)c2ccccc2)c1. The molecule has 6 nitrogen and oxygen atoms in total. The van der Waals surface area contributed by atoms with Crippen molar-refractivity contribution in [1.29, 1.82) is 0 Å². The van der Waals surface area contributed by atoms with Crippen LogP contribution in [0.5, 0.6) is 0 Å². The maximum Gasteiger partial charge on any atom is 0.338 e. The summed E-state index contributed by atoms with van der Waals surface area (Å²) in [7, 11) is 0. The first-order chi connectivity index (χ1) is 11.1. The predicted octanol–water partition coefficient (Wildman–Crippen LogP) is 2.25. The molecule has 2 rings (SSSR count). The van der Waals surface area contributed by atoms with E-state index < -0.39 is 11.9 Å². The fourth-order valence-electron chi connectivity index (χ4n) is 1.92. The van der Waals surface area contributed by atoms with Gasteiger partial charge in [-0.05, 0) is 30.3 Å². The molecule has 0 amide bonds. The monoisotopic (exact) mass is 314 g/mol. The summed E-state index contributed by atoms with van der Waals surface area (Å²) in [5.74, 6) is -0.918. The van der Waals surface area contributed by atoms with Crippen molar-refractivity contribution in [2.75, 3.05) is 24.7 Å². The Kier molecular flexibility index (Phi) is 5.57. The van der Waals surface area contributed by atoms with E-state index in [4.69, 9.17) is 20.9 Å². The average Bonchev–Trinajstić information content (AvgIpc) is 2.54. The zero-order chi connectivity index (χ0) is 16.7. The van der Waals surface area contributed by atoms with Gasteiger partial charge in [0.1, 0.15) is 0 Å². The Bertz CT molecular complexity index is 666. The van der Waals surface area contributed by atoms with Gasteiger partial charge in [0, 0.05) is 17.8 Å². The number of carbonyl (C=O) groups excluding carboxylic acids is 2. The number of hydrogen-bond acceptors (Lipinski definition) is 6. The van der Waals surface area contributed by atoms with Gasteiger partial charge < -0.3 is 20.9 Å². The summed E-state index contributed by atoms with van der Waals surface area (Å²) in [5.41, 5.74) is 12.8. The van der Waals surface area contributed by atoms with Crippen LogP contribution >= 0.6 is 0 Å². The zero-order valence-corrected chi connectivity index (χ0v) is 12.5. The lowest BCUT2D eigenvalue weighted by Crippen LogP contribution is -2.11. The van der Waals surface area contributed by atoms with Gasteiger partial charge in [-0.3, -0.25) is 0 Å². The molecule has 0 aliphatic carbocycles. The predicted molar refractivity (Wildman–Crippen MR) is 86.9 cm³/mol. The average molecular weight is 314 g/mol. The zero-order valence-electron chi connectivity index (χ0n) is 12.5. The molecule has 0 aromatic heterocycles. The van der Waals surface area contributed by atoms with Crippen LogP contribution in [0.3, 0.4) is 0 Å². The Morgan fingerprint density at radius 3 is 1.87 bits per heavy atom. The van der Waals surface area contributed by atoms with Crippen molar-refractivity contribution in [3.8, 4) is 0 Å². The first-order valence-electron chi connectivity index (χ1n) is 7.11. The smallest absolute Gasteiger partial charge is 0.338 e. The highest BCUT2D eigenvalue weighted by Gasteiger charge is 2.09. The number of carbonyl (C=O) groups is 2. The standard InChI is InChI=1S/C17H18N2O4/c18-14-9-13(10-15(19)11-14)17(21)23-8-4-7-22-16(20)12-5-2-1-3-6-12/h1-3,5-6,9-11H,4,7-8,18-19H2. The van der Waals surface area contributed by atoms with Crippen LogP contribution in [0, 0.1) is 0 Å². The lowest BCUT2D eigenvalue weighted by atomic mass is 10.2. The Hall–Kier alpha value is -3.02. The number of benzene rings is 2. The highest BCUT2D eigenvalue weighted by molar-refractivity contribution is 5.91. The largest absolute Gasteiger partial charge is 0.462 e. The molecule has 0 aliphatic heterocycles. The van der Waals surface area contributed by atoms with Crippen LogP contribution in [0.25, 0.3) is 0 Å². The molecule has 0 fully saturated rings. The number of hydrogen-bond donors (Lipinski definition) is 2. The Labute approximate surface area is 134 Å². The summed E-state index contributed by atoms with van der Waals surface area (Å²) in [4.78, 5) is 23.5. The second kappa shape index (κ2) is 7.84. The van der Waals surface area contributed by atoms with Gasteiger partial charge in [0.15, 0.2) is 0 Å². The van der Waals surface area contributed by atoms with E-state index >= 15 is 0 Å². The third-order valence-corrected chi connectivity index (χ3v) is 2.98. The van der Waals surface area contributed by atoms with E-state index in [2.05, 4.69) is 0 Å². The van der Waals surface area contributed by atoms with Crippen molar-refractivity contribution in [2.45, 2.75) is 6.42 Å². The topological polar surface area (TPSA) is 105 Å². The fourth-order valence-corrected chi connectivity index (χ4v) is 1.92. The van der Waals surface area contributed by atoms with Crippen LogP contribution in [0.2, 0.25) is 0 Å². The second-order valence-corrected chi connectivity index (χ2v) is 4.88. The Balaban J connectivity index is 1.71. The van der Waals surface area contributed by atoms with Crippen molar-refractivity contribution in [2.24, 2.45) is 0 Å². The molecule has 120 valence electrons. The van der Waals surface area contributed by atoms with Crippen LogP contribution in [-0.4, -0.2) is 25.2 Å². The van der Waals surface area contributed by atoms with Gasteiger partial charge in [-0.25, -0.2) is 9.59 Å². The molecule has 6 heteroatoms. The number of nitrogens with two attached hydrogens (primary N) is 2. The van der Waals surface area contributed by atoms with E-state index in [1.165, 1.54) is 12.1 Å². The van der Waals surface area contributed by atoms with Gasteiger partial charge in [0.2, 0.25) is 0 Å². The van der Waals surface area contributed by atoms with Gasteiger partial charge in [-0.1, -0.05) is 18.2 Å². The van der Waals surface area contributed by atoms with Gasteiger partial charge >= 0.3 is 11.9 Å². The molecule has 0 atom stereocenters. The summed E-state index contributed by atoms with van der Waals surface area (Å²) in [6.45, 7) is 0.301. The van der Waals surface area contributed by atoms with E-state index in [0.29, 0.717) is 28.9 Å². The summed E-state index contributed by atoms with van der Waals surface area (Å²) in [5, 5.41) is 0. The lowest BCUT2D eigenvalue weighted by Gasteiger charge is -2.07. The molecule has 23 heavy (non-hydrogen) atoms. The van der Waals surface area contributed by atoms with Gasteiger partial charge in [-0.2, -0.15) is 0 Å². The molecule has 0 unspecified atom stereocenters. The molecule has 2 aromatic carbocycles. The van der Waals surface area contributed by atoms with Gasteiger partial charge in [0.25, 0.3) is 0 Å². The fraction of sp³-hybridized carbons (Fsp3) is 0.176. The number of anilines is 2. The van der Waals surface area contributed by atoms with Crippen molar-refractivity contribution in [1.82, 2.24) is 0 Å². The van der Waals surface area contributed by atoms with Crippen LogP contribution in [0.1, 0.15) is 27.1 Å². The Morgan fingerprint density at radius 1 is 0.783 bits per heavy atom. The third-order valence-electron chi connectivity index (χ3n) is 2.98. The molecule has 0 radical (unpaired) electrons. The van der Waals surface area contributed by atoms with E-state index in [0.717, 1.165) is 0 Å². The van der Waals surface area contributed by atoms with Crippen LogP contribution in [-0.2, 0) is 9.47 Å². The van der Waals surface area contributed by atoms with Crippen molar-refractivity contribution < 1.29 is 19.1 Å². The minimum absolute atomic E-state index is 0.135. The molecule has 0 spiro atoms. The molecular formula is C17H18N2O4. The highest BCUT2D eigenvalue weighted by Crippen LogP contribution is 2.14. The number of rotatable bonds is 6. The second-order valence-electron chi connectivity index (χ2n) is 4.88. The van der Waals surface area contributed by atoms with E-state index in [1.54, 1.807) is 30.3 Å². The molecular weight excluding hydrogens is 296 g/mol. The van der Waals surface area contributed by atoms with E-state index in [9.17, 15) is 9.59 Å². The Morgan fingerprint density at radius 2 is 1.30 bits per heavy atom. The van der Waals surface area contributed by atoms with Crippen molar-refractivity contribution in [3.63, 3.8) is 0 Å². The van der Waals surface area contributed by atoms with Gasteiger partial charge in [-0.15, -0.1) is 0 Å². The van der Waals surface area contributed by atoms with E-state index in [1.807, 2.05) is 6.07 Å². The molecule has 0 bridgehead atoms. The molecule has 4 N–H and O–H groups in total. The summed E-state index contributed by atoms with van der Waals surface area (Å²) < 4.78 is 10.2. The summed E-state index contributed by atoms with van der Waals surface area (Å²) >= 11 is 0. The maximum atomic E-state index is 11.8. The minimum atomic E-state index is -0.515. The molecule has 0 heterocycles. The molecule has 0 saturated heterocycles. The first-order valence-corrected chi connectivity index (χ1v) is 7.11. The van der Waals surface area contributed by atoms with Crippen molar-refractivity contribution in [3.05, 3.63) is 59.7 Å². The molecule has 0 aliphatic rings. The first kappa shape index (κ1) is 16.4. The van der Waals surface area contributed by atoms with E-state index in [-0.39, 0.29) is 13.2 Å². The molecule has 2 aromatic rings. The summed E-state index contributed by atoms with van der Waals surface area (Å²) in [6.07, 6.45) is 0.405. The minimum Gasteiger partial charge on any atom is -0.462 e. The van der Waals surface area contributed by atoms with Crippen LogP contribution < -0.4 is 11.5 Å². The molecule has 0 saturated carbocycles. The third kappa shape index (κ3) is 5.03. The van der Waals surface area contributed by atoms with Crippen LogP contribution in [0.15, 0.2) is 48.5 Å². The quantitative estimate of drug-likeness (QED) is 0.481. The van der Waals surface area contributed by atoms with Crippen molar-refractivity contribution >= 4 is 23.3 Å². The number of nitrogen functional groups attached to an aromatic ring is 2. The lowest BCUT2D eigenvalue weighted by molar-refractivity contribution is 0.0396. The number of esters is 2. The van der Waals surface area contributed by atoms with Gasteiger partial charge in [0.05, 0.1) is 24.3 Å². The normalized spacial score (nSPS) is 10.1. The van der Waals surface area contributed by atoms with Crippen LogP contribution in [0.4, 0.5) is 11.4 Å². The number of ether oxygens (including phenoxy) is 2.